The smallest absolute Gasteiger partial charge is 0.143 e. The van der Waals surface area contributed by atoms with Crippen LogP contribution in [0.3, 0.4) is 0 Å². The average Bonchev–Trinajstić information content (AvgIpc) is 2.64. The highest BCUT2D eigenvalue weighted by Gasteiger charge is 2.23. The van der Waals surface area contributed by atoms with Gasteiger partial charge < -0.3 is 4.90 Å². The molecule has 16 heavy (non-hydrogen) atoms. The molecule has 0 N–H and O–H groups in total. The van der Waals surface area contributed by atoms with Gasteiger partial charge >= 0.3 is 0 Å². The number of halogens is 3. The summed E-state index contributed by atoms with van der Waals surface area (Å²) in [5, 5.41) is 0. The average molecular weight is 225 g/mol. The fourth-order valence-corrected chi connectivity index (χ4v) is 1.83. The Balaban J connectivity index is 2.34. The molecule has 1 nitrogen and oxygen atoms in total. The van der Waals surface area contributed by atoms with Crippen molar-refractivity contribution in [2.75, 3.05) is 18.0 Å². The van der Waals surface area contributed by atoms with E-state index in [1.165, 1.54) is 0 Å². The number of benzene rings is 1. The van der Waals surface area contributed by atoms with Crippen LogP contribution in [-0.4, -0.2) is 19.3 Å². The monoisotopic (exact) mass is 225 g/mol. The van der Waals surface area contributed by atoms with Crippen LogP contribution in [0.1, 0.15) is 12.0 Å². The molecule has 1 aliphatic heterocycles. The Labute approximate surface area is 91.9 Å². The van der Waals surface area contributed by atoms with E-state index in [2.05, 4.69) is 0 Å². The second kappa shape index (κ2) is 4.09. The van der Waals surface area contributed by atoms with Crippen LogP contribution >= 0.6 is 0 Å². The summed E-state index contributed by atoms with van der Waals surface area (Å²) < 4.78 is 39.7. The molecule has 1 atom stereocenters. The van der Waals surface area contributed by atoms with Gasteiger partial charge in [-0.15, -0.1) is 6.42 Å². The summed E-state index contributed by atoms with van der Waals surface area (Å²) in [6, 6.07) is 2.30. The highest BCUT2D eigenvalue weighted by Crippen LogP contribution is 2.25. The van der Waals surface area contributed by atoms with Crippen LogP contribution in [-0.2, 0) is 0 Å². The van der Waals surface area contributed by atoms with Crippen LogP contribution in [0, 0.1) is 24.0 Å². The molecule has 2 rings (SSSR count). The lowest BCUT2D eigenvalue weighted by Gasteiger charge is -2.18. The Kier molecular flexibility index (Phi) is 2.78. The number of rotatable bonds is 1. The van der Waals surface area contributed by atoms with Gasteiger partial charge in [-0.05, 0) is 18.6 Å². The maximum Gasteiger partial charge on any atom is 0.143 e. The number of terminal acetylenes is 1. The third-order valence-corrected chi connectivity index (χ3v) is 2.67. The molecule has 1 aliphatic rings. The van der Waals surface area contributed by atoms with Crippen LogP contribution in [0.25, 0.3) is 0 Å². The molecule has 0 radical (unpaired) electrons. The molecule has 1 fully saturated rings. The molecule has 0 aromatic heterocycles. The molecule has 0 amide bonds. The SMILES string of the molecule is C#Cc1c(F)cc(N2CC[C@H](F)C2)cc1F. The predicted molar refractivity (Wildman–Crippen MR) is 56.0 cm³/mol. The summed E-state index contributed by atoms with van der Waals surface area (Å²) >= 11 is 0. The van der Waals surface area contributed by atoms with E-state index in [0.29, 0.717) is 18.7 Å². The highest BCUT2D eigenvalue weighted by atomic mass is 19.1. The Morgan fingerprint density at radius 2 is 1.94 bits per heavy atom. The normalized spacial score (nSPS) is 19.9. The maximum absolute atomic E-state index is 13.4. The second-order valence-electron chi connectivity index (χ2n) is 3.76. The first kappa shape index (κ1) is 10.9. The molecule has 1 saturated heterocycles. The first-order valence-corrected chi connectivity index (χ1v) is 4.96. The van der Waals surface area contributed by atoms with Gasteiger partial charge in [0, 0.05) is 18.8 Å². The fraction of sp³-hybridized carbons (Fsp3) is 0.333. The molecule has 0 unspecified atom stereocenters. The molecule has 1 aromatic carbocycles. The highest BCUT2D eigenvalue weighted by molar-refractivity contribution is 5.52. The molecule has 84 valence electrons. The number of alkyl halides is 1. The minimum Gasteiger partial charge on any atom is -0.368 e. The third kappa shape index (κ3) is 1.85. The zero-order valence-corrected chi connectivity index (χ0v) is 8.51. The van der Waals surface area contributed by atoms with Crippen molar-refractivity contribution in [2.45, 2.75) is 12.6 Å². The summed E-state index contributed by atoms with van der Waals surface area (Å²) in [5.74, 6) is 0.392. The molecule has 4 heteroatoms. The summed E-state index contributed by atoms with van der Waals surface area (Å²) in [7, 11) is 0. The summed E-state index contributed by atoms with van der Waals surface area (Å²) in [5.41, 5.74) is -0.0334. The van der Waals surface area contributed by atoms with Gasteiger partial charge in [0.05, 0.1) is 5.56 Å². The Hall–Kier alpha value is -1.63. The van der Waals surface area contributed by atoms with Gasteiger partial charge in [-0.3, -0.25) is 0 Å². The number of nitrogens with zero attached hydrogens (tertiary/aromatic N) is 1. The van der Waals surface area contributed by atoms with Gasteiger partial charge in [0.15, 0.2) is 0 Å². The zero-order valence-electron chi connectivity index (χ0n) is 8.51. The van der Waals surface area contributed by atoms with Gasteiger partial charge in [0.25, 0.3) is 0 Å². The van der Waals surface area contributed by atoms with E-state index in [4.69, 9.17) is 6.42 Å². The van der Waals surface area contributed by atoms with Crippen LogP contribution < -0.4 is 4.90 Å². The summed E-state index contributed by atoms with van der Waals surface area (Å²) in [6.07, 6.45) is 4.43. The Morgan fingerprint density at radius 3 is 2.38 bits per heavy atom. The van der Waals surface area contributed by atoms with Crippen LogP contribution in [0.2, 0.25) is 0 Å². The summed E-state index contributed by atoms with van der Waals surface area (Å²) in [4.78, 5) is 1.61. The molecule has 0 bridgehead atoms. The van der Waals surface area contributed by atoms with Crippen LogP contribution in [0.15, 0.2) is 12.1 Å². The van der Waals surface area contributed by atoms with Crippen molar-refractivity contribution in [1.82, 2.24) is 0 Å². The molecule has 0 aliphatic carbocycles. The van der Waals surface area contributed by atoms with E-state index in [0.717, 1.165) is 12.1 Å². The van der Waals surface area contributed by atoms with Crippen molar-refractivity contribution in [2.24, 2.45) is 0 Å². The molecular weight excluding hydrogens is 215 g/mol. The number of anilines is 1. The van der Waals surface area contributed by atoms with Gasteiger partial charge in [0.1, 0.15) is 17.8 Å². The van der Waals surface area contributed by atoms with Gasteiger partial charge in [-0.25, -0.2) is 13.2 Å². The van der Waals surface area contributed by atoms with E-state index in [1.807, 2.05) is 5.92 Å². The zero-order chi connectivity index (χ0) is 11.7. The predicted octanol–water partition coefficient (Wildman–Crippen LogP) is 2.49. The first-order chi connectivity index (χ1) is 7.61. The van der Waals surface area contributed by atoms with Crippen LogP contribution in [0.5, 0.6) is 0 Å². The van der Waals surface area contributed by atoms with Gasteiger partial charge in [-0.2, -0.15) is 0 Å². The van der Waals surface area contributed by atoms with E-state index in [1.54, 1.807) is 4.90 Å². The lowest BCUT2D eigenvalue weighted by Crippen LogP contribution is -2.20. The van der Waals surface area contributed by atoms with E-state index >= 15 is 0 Å². The minimum absolute atomic E-state index is 0.175. The fourth-order valence-electron chi connectivity index (χ4n) is 1.83. The van der Waals surface area contributed by atoms with E-state index < -0.39 is 17.8 Å². The third-order valence-electron chi connectivity index (χ3n) is 2.67. The van der Waals surface area contributed by atoms with Gasteiger partial charge in [0.2, 0.25) is 0 Å². The second-order valence-corrected chi connectivity index (χ2v) is 3.76. The molecular formula is C12H10F3N. The Bertz CT molecular complexity index is 427. The Morgan fingerprint density at radius 1 is 1.31 bits per heavy atom. The van der Waals surface area contributed by atoms with Crippen LogP contribution in [0.4, 0.5) is 18.9 Å². The van der Waals surface area contributed by atoms with Crippen molar-refractivity contribution in [3.05, 3.63) is 29.3 Å². The molecule has 1 heterocycles. The first-order valence-electron chi connectivity index (χ1n) is 4.96. The van der Waals surface area contributed by atoms with Gasteiger partial charge in [-0.1, -0.05) is 5.92 Å². The topological polar surface area (TPSA) is 3.24 Å². The molecule has 0 saturated carbocycles. The maximum atomic E-state index is 13.4. The van der Waals surface area contributed by atoms with Crippen molar-refractivity contribution in [1.29, 1.82) is 0 Å². The van der Waals surface area contributed by atoms with E-state index in [-0.39, 0.29) is 12.1 Å². The molecule has 0 spiro atoms. The van der Waals surface area contributed by atoms with E-state index in [9.17, 15) is 13.2 Å². The van der Waals surface area contributed by atoms with Crippen molar-refractivity contribution >= 4 is 5.69 Å². The largest absolute Gasteiger partial charge is 0.368 e. The lowest BCUT2D eigenvalue weighted by atomic mass is 10.1. The van der Waals surface area contributed by atoms with Crippen molar-refractivity contribution < 1.29 is 13.2 Å². The minimum atomic E-state index is -0.932. The van der Waals surface area contributed by atoms with Crippen molar-refractivity contribution in [3.63, 3.8) is 0 Å². The number of hydrogen-bond donors (Lipinski definition) is 0. The number of hydrogen-bond acceptors (Lipinski definition) is 1. The quantitative estimate of drug-likeness (QED) is 0.664. The standard InChI is InChI=1S/C12H10F3N/c1-2-10-11(14)5-9(6-12(10)15)16-4-3-8(13)7-16/h1,5-6,8H,3-4,7H2/t8-/m0/s1. The lowest BCUT2D eigenvalue weighted by molar-refractivity contribution is 0.364. The summed E-state index contributed by atoms with van der Waals surface area (Å²) in [6.45, 7) is 0.643. The van der Waals surface area contributed by atoms with Crippen molar-refractivity contribution in [3.8, 4) is 12.3 Å². The molecule has 1 aromatic rings.